The number of methoxy groups -OCH3 is 1. The van der Waals surface area contributed by atoms with Crippen LogP contribution in [0.4, 0.5) is 4.39 Å². The number of ketones is 1. The summed E-state index contributed by atoms with van der Waals surface area (Å²) in [7, 11) is 1.57. The Balaban J connectivity index is 2.26. The summed E-state index contributed by atoms with van der Waals surface area (Å²) in [6, 6.07) is 11.4. The van der Waals surface area contributed by atoms with Crippen molar-refractivity contribution in [3.05, 3.63) is 65.0 Å². The van der Waals surface area contributed by atoms with Crippen molar-refractivity contribution in [1.82, 2.24) is 0 Å². The van der Waals surface area contributed by atoms with Crippen LogP contribution >= 0.6 is 0 Å². The van der Waals surface area contributed by atoms with E-state index >= 15 is 0 Å². The molecule has 0 aromatic heterocycles. The molecule has 2 nitrogen and oxygen atoms in total. The summed E-state index contributed by atoms with van der Waals surface area (Å²) in [5.74, 6) is 0.154. The summed E-state index contributed by atoms with van der Waals surface area (Å²) < 4.78 is 18.3. The smallest absolute Gasteiger partial charge is 0.167 e. The Morgan fingerprint density at radius 3 is 2.68 bits per heavy atom. The number of carbonyl (C=O) groups is 1. The van der Waals surface area contributed by atoms with Gasteiger partial charge in [0.05, 0.1) is 7.11 Å². The van der Waals surface area contributed by atoms with Crippen LogP contribution in [-0.2, 0) is 6.42 Å². The molecule has 2 aromatic carbocycles. The van der Waals surface area contributed by atoms with E-state index in [2.05, 4.69) is 0 Å². The Bertz CT molecular complexity index is 605. The minimum atomic E-state index is -0.401. The van der Waals surface area contributed by atoms with E-state index in [1.165, 1.54) is 18.2 Å². The highest BCUT2D eigenvalue weighted by Crippen LogP contribution is 2.21. The van der Waals surface area contributed by atoms with Crippen LogP contribution in [0.25, 0.3) is 0 Å². The van der Waals surface area contributed by atoms with Crippen LogP contribution in [0.3, 0.4) is 0 Å². The summed E-state index contributed by atoms with van der Waals surface area (Å²) in [4.78, 5) is 12.1. The predicted octanol–water partition coefficient (Wildman–Crippen LogP) is 3.57. The first-order chi connectivity index (χ1) is 9.10. The minimum Gasteiger partial charge on any atom is -0.496 e. The van der Waals surface area contributed by atoms with Crippen molar-refractivity contribution in [1.29, 1.82) is 0 Å². The molecule has 0 aliphatic carbocycles. The molecule has 2 aromatic rings. The minimum absolute atomic E-state index is 0.122. The maximum Gasteiger partial charge on any atom is 0.167 e. The van der Waals surface area contributed by atoms with Gasteiger partial charge in [0, 0.05) is 17.5 Å². The third-order valence-electron chi connectivity index (χ3n) is 2.93. The number of aryl methyl sites for hydroxylation is 1. The van der Waals surface area contributed by atoms with Crippen LogP contribution in [0.5, 0.6) is 5.75 Å². The van der Waals surface area contributed by atoms with Gasteiger partial charge in [-0.2, -0.15) is 0 Å². The fourth-order valence-electron chi connectivity index (χ4n) is 1.98. The van der Waals surface area contributed by atoms with Crippen LogP contribution in [0.1, 0.15) is 21.5 Å². The zero-order chi connectivity index (χ0) is 13.8. The van der Waals surface area contributed by atoms with Crippen LogP contribution in [-0.4, -0.2) is 12.9 Å². The van der Waals surface area contributed by atoms with Gasteiger partial charge in [-0.1, -0.05) is 29.8 Å². The van der Waals surface area contributed by atoms with Crippen LogP contribution < -0.4 is 4.74 Å². The molecule has 0 heterocycles. The highest BCUT2D eigenvalue weighted by molar-refractivity contribution is 5.97. The highest BCUT2D eigenvalue weighted by Gasteiger charge is 2.11. The molecule has 0 atom stereocenters. The molecule has 2 rings (SSSR count). The predicted molar refractivity (Wildman–Crippen MR) is 72.2 cm³/mol. The summed E-state index contributed by atoms with van der Waals surface area (Å²) in [6.45, 7) is 1.95. The number of hydrogen-bond donors (Lipinski definition) is 0. The molecular formula is C16H15FO2. The summed E-state index contributed by atoms with van der Waals surface area (Å²) in [5, 5.41) is 0. The first-order valence-electron chi connectivity index (χ1n) is 6.02. The fraction of sp³-hybridized carbons (Fsp3) is 0.188. The molecule has 0 spiro atoms. The molecule has 0 unspecified atom stereocenters. The van der Waals surface area contributed by atoms with Gasteiger partial charge in [-0.15, -0.1) is 0 Å². The number of carbonyl (C=O) groups excluding carboxylic acids is 1. The molecule has 0 radical (unpaired) electrons. The second kappa shape index (κ2) is 5.65. The molecule has 19 heavy (non-hydrogen) atoms. The lowest BCUT2D eigenvalue weighted by atomic mass is 10.0. The second-order valence-corrected chi connectivity index (χ2v) is 4.43. The Hall–Kier alpha value is -2.16. The first kappa shape index (κ1) is 13.3. The van der Waals surface area contributed by atoms with E-state index < -0.39 is 5.82 Å². The fourth-order valence-corrected chi connectivity index (χ4v) is 1.98. The molecule has 0 saturated carbocycles. The zero-order valence-electron chi connectivity index (χ0n) is 10.9. The zero-order valence-corrected chi connectivity index (χ0v) is 10.9. The Morgan fingerprint density at radius 1 is 1.21 bits per heavy atom. The third kappa shape index (κ3) is 3.19. The van der Waals surface area contributed by atoms with Crippen molar-refractivity contribution in [3.63, 3.8) is 0 Å². The van der Waals surface area contributed by atoms with Gasteiger partial charge in [-0.05, 0) is 25.1 Å². The monoisotopic (exact) mass is 258 g/mol. The molecule has 0 aliphatic rings. The first-order valence-corrected chi connectivity index (χ1v) is 6.02. The van der Waals surface area contributed by atoms with Crippen molar-refractivity contribution < 1.29 is 13.9 Å². The number of halogens is 1. The summed E-state index contributed by atoms with van der Waals surface area (Å²) in [6.07, 6.45) is 0.203. The van der Waals surface area contributed by atoms with Gasteiger partial charge in [-0.25, -0.2) is 4.39 Å². The molecular weight excluding hydrogens is 243 g/mol. The van der Waals surface area contributed by atoms with Crippen molar-refractivity contribution in [2.24, 2.45) is 0 Å². The SMILES string of the molecule is COc1ccc(C)cc1CC(=O)c1cccc(F)c1. The standard InChI is InChI=1S/C16H15FO2/c1-11-6-7-16(19-2)13(8-11)10-15(18)12-4-3-5-14(17)9-12/h3-9H,10H2,1-2H3. The lowest BCUT2D eigenvalue weighted by Crippen LogP contribution is -2.05. The highest BCUT2D eigenvalue weighted by atomic mass is 19.1. The van der Waals surface area contributed by atoms with Gasteiger partial charge in [0.1, 0.15) is 11.6 Å². The quantitative estimate of drug-likeness (QED) is 0.784. The van der Waals surface area contributed by atoms with E-state index in [1.807, 2.05) is 25.1 Å². The molecule has 0 N–H and O–H groups in total. The van der Waals surface area contributed by atoms with E-state index in [4.69, 9.17) is 4.74 Å². The number of Topliss-reactive ketones (excluding diaryl/α,β-unsaturated/α-hetero) is 1. The van der Waals surface area contributed by atoms with Gasteiger partial charge < -0.3 is 4.74 Å². The lowest BCUT2D eigenvalue weighted by molar-refractivity contribution is 0.0991. The number of rotatable bonds is 4. The van der Waals surface area contributed by atoms with Gasteiger partial charge in [-0.3, -0.25) is 4.79 Å². The average Bonchev–Trinajstić information content (AvgIpc) is 2.39. The Labute approximate surface area is 111 Å². The molecule has 98 valence electrons. The van der Waals surface area contributed by atoms with Crippen molar-refractivity contribution >= 4 is 5.78 Å². The maximum absolute atomic E-state index is 13.1. The van der Waals surface area contributed by atoms with Crippen LogP contribution in [0, 0.1) is 12.7 Å². The van der Waals surface area contributed by atoms with Gasteiger partial charge in [0.15, 0.2) is 5.78 Å². The normalized spacial score (nSPS) is 10.3. The van der Waals surface area contributed by atoms with Crippen LogP contribution in [0.15, 0.2) is 42.5 Å². The van der Waals surface area contributed by atoms with Gasteiger partial charge >= 0.3 is 0 Å². The maximum atomic E-state index is 13.1. The van der Waals surface area contributed by atoms with Crippen molar-refractivity contribution in [2.45, 2.75) is 13.3 Å². The van der Waals surface area contributed by atoms with Gasteiger partial charge in [0.25, 0.3) is 0 Å². The molecule has 0 bridgehead atoms. The number of hydrogen-bond acceptors (Lipinski definition) is 2. The number of benzene rings is 2. The van der Waals surface area contributed by atoms with E-state index in [0.717, 1.165) is 11.1 Å². The van der Waals surface area contributed by atoms with Crippen molar-refractivity contribution in [3.8, 4) is 5.75 Å². The summed E-state index contributed by atoms with van der Waals surface area (Å²) in [5.41, 5.74) is 2.25. The Morgan fingerprint density at radius 2 is 2.00 bits per heavy atom. The topological polar surface area (TPSA) is 26.3 Å². The average molecular weight is 258 g/mol. The molecule has 0 amide bonds. The van der Waals surface area contributed by atoms with Gasteiger partial charge in [0.2, 0.25) is 0 Å². The molecule has 0 fully saturated rings. The largest absolute Gasteiger partial charge is 0.496 e. The molecule has 0 saturated heterocycles. The lowest BCUT2D eigenvalue weighted by Gasteiger charge is -2.09. The Kier molecular flexibility index (Phi) is 3.95. The van der Waals surface area contributed by atoms with E-state index in [1.54, 1.807) is 13.2 Å². The molecule has 3 heteroatoms. The molecule has 0 aliphatic heterocycles. The van der Waals surface area contributed by atoms with E-state index in [9.17, 15) is 9.18 Å². The number of ether oxygens (including phenoxy) is 1. The van der Waals surface area contributed by atoms with Crippen molar-refractivity contribution in [2.75, 3.05) is 7.11 Å². The van der Waals surface area contributed by atoms with E-state index in [-0.39, 0.29) is 12.2 Å². The second-order valence-electron chi connectivity index (χ2n) is 4.43. The summed E-state index contributed by atoms with van der Waals surface area (Å²) >= 11 is 0. The third-order valence-corrected chi connectivity index (χ3v) is 2.93. The van der Waals surface area contributed by atoms with Crippen LogP contribution in [0.2, 0.25) is 0 Å². The van der Waals surface area contributed by atoms with E-state index in [0.29, 0.717) is 11.3 Å².